The van der Waals surface area contributed by atoms with E-state index in [-0.39, 0.29) is 24.7 Å². The van der Waals surface area contributed by atoms with Gasteiger partial charge < -0.3 is 29.0 Å². The van der Waals surface area contributed by atoms with Gasteiger partial charge in [0.15, 0.2) is 11.6 Å². The van der Waals surface area contributed by atoms with Crippen molar-refractivity contribution < 1.29 is 28.5 Å². The van der Waals surface area contributed by atoms with E-state index in [0.29, 0.717) is 13.2 Å². The minimum atomic E-state index is -0.989. The van der Waals surface area contributed by atoms with Gasteiger partial charge in [-0.15, -0.1) is 0 Å². The van der Waals surface area contributed by atoms with Crippen LogP contribution < -0.4 is 5.32 Å². The van der Waals surface area contributed by atoms with Crippen LogP contribution in [0.2, 0.25) is 0 Å². The molecule has 138 valence electrons. The van der Waals surface area contributed by atoms with Crippen LogP contribution in [0.4, 0.5) is 0 Å². The third-order valence-corrected chi connectivity index (χ3v) is 4.46. The zero-order chi connectivity index (χ0) is 17.8. The summed E-state index contributed by atoms with van der Waals surface area (Å²) in [6, 6.07) is 0. The number of carbonyl (C=O) groups excluding carboxylic acids is 1. The van der Waals surface area contributed by atoms with Gasteiger partial charge in [-0.2, -0.15) is 0 Å². The first-order chi connectivity index (χ1) is 11.1. The average molecular weight is 344 g/mol. The summed E-state index contributed by atoms with van der Waals surface area (Å²) in [4.78, 5) is 13.5. The molecule has 0 bridgehead atoms. The van der Waals surface area contributed by atoms with Crippen molar-refractivity contribution in [1.82, 2.24) is 10.2 Å². The fourth-order valence-electron chi connectivity index (χ4n) is 3.72. The predicted octanol–water partition coefficient (Wildman–Crippen LogP) is 0.0623. The molecule has 0 aromatic heterocycles. The molecule has 3 aliphatic heterocycles. The summed E-state index contributed by atoms with van der Waals surface area (Å²) < 4.78 is 30.3. The van der Waals surface area contributed by atoms with Gasteiger partial charge in [0.05, 0.1) is 19.7 Å². The minimum absolute atomic E-state index is 0.0705. The molecule has 3 heterocycles. The van der Waals surface area contributed by atoms with E-state index < -0.39 is 23.5 Å². The van der Waals surface area contributed by atoms with Crippen LogP contribution in [0.5, 0.6) is 0 Å². The summed E-state index contributed by atoms with van der Waals surface area (Å²) in [5.74, 6) is -2.54. The first kappa shape index (κ1) is 18.0. The number of hydrogen-bond donors (Lipinski definition) is 1. The number of amides is 1. The topological polar surface area (TPSA) is 78.5 Å². The molecule has 4 atom stereocenters. The Morgan fingerprint density at radius 1 is 1.17 bits per heavy atom. The number of carbonyl (C=O) groups is 1. The van der Waals surface area contributed by atoms with Gasteiger partial charge in [0, 0.05) is 7.05 Å². The van der Waals surface area contributed by atoms with Gasteiger partial charge in [-0.1, -0.05) is 0 Å². The molecular weight excluding hydrogens is 316 g/mol. The number of rotatable bonds is 4. The van der Waals surface area contributed by atoms with Crippen molar-refractivity contribution in [3.8, 4) is 0 Å². The summed E-state index contributed by atoms with van der Waals surface area (Å²) in [6.07, 6.45) is -0.899. The second-order valence-corrected chi connectivity index (χ2v) is 7.65. The molecule has 0 aliphatic carbocycles. The van der Waals surface area contributed by atoms with Crippen molar-refractivity contribution in [2.24, 2.45) is 0 Å². The van der Waals surface area contributed by atoms with E-state index in [1.807, 2.05) is 39.6 Å². The van der Waals surface area contributed by atoms with E-state index in [9.17, 15) is 4.79 Å². The number of ether oxygens (including phenoxy) is 5. The molecule has 0 radical (unpaired) electrons. The number of hydrogen-bond acceptors (Lipinski definition) is 7. The monoisotopic (exact) mass is 344 g/mol. The van der Waals surface area contributed by atoms with Crippen molar-refractivity contribution in [2.75, 3.05) is 33.8 Å². The highest BCUT2D eigenvalue weighted by atomic mass is 16.9. The quantitative estimate of drug-likeness (QED) is 0.773. The molecule has 0 spiro atoms. The normalized spacial score (nSPS) is 39.5. The third-order valence-electron chi connectivity index (χ3n) is 4.46. The highest BCUT2D eigenvalue weighted by Gasteiger charge is 2.65. The van der Waals surface area contributed by atoms with Crippen LogP contribution in [0.3, 0.4) is 0 Å². The smallest absolute Gasteiger partial charge is 0.233 e. The van der Waals surface area contributed by atoms with Crippen LogP contribution in [0.15, 0.2) is 0 Å². The maximum Gasteiger partial charge on any atom is 0.233 e. The molecule has 24 heavy (non-hydrogen) atoms. The molecule has 0 unspecified atom stereocenters. The maximum absolute atomic E-state index is 11.6. The van der Waals surface area contributed by atoms with Gasteiger partial charge in [-0.25, -0.2) is 0 Å². The molecule has 0 saturated carbocycles. The first-order valence-corrected chi connectivity index (χ1v) is 8.33. The lowest BCUT2D eigenvalue weighted by molar-refractivity contribution is -0.285. The zero-order valence-electron chi connectivity index (χ0n) is 15.3. The van der Waals surface area contributed by atoms with Gasteiger partial charge >= 0.3 is 0 Å². The molecule has 3 aliphatic rings. The number of fused-ring (bicyclic) bond motifs is 3. The van der Waals surface area contributed by atoms with Crippen LogP contribution in [0.1, 0.15) is 27.7 Å². The Kier molecular flexibility index (Phi) is 4.43. The molecule has 3 rings (SSSR count). The molecule has 8 nitrogen and oxygen atoms in total. The molecule has 8 heteroatoms. The van der Waals surface area contributed by atoms with E-state index >= 15 is 0 Å². The molecule has 3 saturated heterocycles. The Bertz CT molecular complexity index is 511. The van der Waals surface area contributed by atoms with Crippen molar-refractivity contribution in [1.29, 1.82) is 0 Å². The molecule has 3 fully saturated rings. The second kappa shape index (κ2) is 5.89. The molecule has 1 N–H and O–H groups in total. The van der Waals surface area contributed by atoms with E-state index in [0.717, 1.165) is 0 Å². The van der Waals surface area contributed by atoms with Crippen molar-refractivity contribution >= 4 is 5.91 Å². The van der Waals surface area contributed by atoms with E-state index in [2.05, 4.69) is 5.32 Å². The number of nitrogens with one attached hydrogen (secondary N) is 1. The van der Waals surface area contributed by atoms with E-state index in [1.54, 1.807) is 7.05 Å². The van der Waals surface area contributed by atoms with Crippen LogP contribution in [-0.2, 0) is 28.5 Å². The summed E-state index contributed by atoms with van der Waals surface area (Å²) in [6.45, 7) is 8.46. The van der Waals surface area contributed by atoms with E-state index in [4.69, 9.17) is 23.7 Å². The lowest BCUT2D eigenvalue weighted by Crippen LogP contribution is -2.62. The fourth-order valence-corrected chi connectivity index (χ4v) is 3.72. The third kappa shape index (κ3) is 3.31. The Balaban J connectivity index is 1.80. The van der Waals surface area contributed by atoms with Gasteiger partial charge in [0.2, 0.25) is 11.7 Å². The average Bonchev–Trinajstić information content (AvgIpc) is 2.89. The Morgan fingerprint density at radius 3 is 2.54 bits per heavy atom. The van der Waals surface area contributed by atoms with Gasteiger partial charge in [-0.05, 0) is 34.7 Å². The van der Waals surface area contributed by atoms with Gasteiger partial charge in [0.25, 0.3) is 0 Å². The van der Waals surface area contributed by atoms with Gasteiger partial charge in [-0.3, -0.25) is 9.69 Å². The Hall–Kier alpha value is -0.770. The van der Waals surface area contributed by atoms with Gasteiger partial charge in [0.1, 0.15) is 18.3 Å². The Morgan fingerprint density at radius 2 is 1.88 bits per heavy atom. The molecule has 0 aromatic carbocycles. The van der Waals surface area contributed by atoms with Crippen LogP contribution in [0.25, 0.3) is 0 Å². The fraction of sp³-hybridized carbons (Fsp3) is 0.938. The standard InChI is InChI=1S/C16H28N2O6/c1-14(2)21-10-8-20-16(9-18(6)7-11(19)17-5)13(12(10)22-14)23-15(3,4)24-16/h10,12-13H,7-9H2,1-6H3,(H,17,19)/t10-,12-,13+,16+/m1/s1. The molecule has 0 aromatic rings. The van der Waals surface area contributed by atoms with E-state index in [1.165, 1.54) is 0 Å². The van der Waals surface area contributed by atoms with Crippen molar-refractivity contribution in [2.45, 2.75) is 63.4 Å². The summed E-state index contributed by atoms with van der Waals surface area (Å²) in [7, 11) is 3.46. The first-order valence-electron chi connectivity index (χ1n) is 8.33. The zero-order valence-corrected chi connectivity index (χ0v) is 15.3. The second-order valence-electron chi connectivity index (χ2n) is 7.65. The van der Waals surface area contributed by atoms with Crippen LogP contribution in [0, 0.1) is 0 Å². The molecular formula is C16H28N2O6. The van der Waals surface area contributed by atoms with Crippen LogP contribution >= 0.6 is 0 Å². The van der Waals surface area contributed by atoms with Crippen LogP contribution in [-0.4, -0.2) is 80.3 Å². The largest absolute Gasteiger partial charge is 0.358 e. The Labute approximate surface area is 142 Å². The summed E-state index contributed by atoms with van der Waals surface area (Å²) >= 11 is 0. The lowest BCUT2D eigenvalue weighted by Gasteiger charge is -2.42. The van der Waals surface area contributed by atoms with Crippen molar-refractivity contribution in [3.05, 3.63) is 0 Å². The summed E-state index contributed by atoms with van der Waals surface area (Å²) in [5.41, 5.74) is 0. The molecule has 1 amide bonds. The SMILES string of the molecule is CNC(=O)CN(C)C[C@@]12OC[C@H]3OC(C)(C)O[C@H]3[C@@H]1OC(C)(C)O2. The number of nitrogens with zero attached hydrogens (tertiary/aromatic N) is 1. The number of likely N-dealkylation sites (N-methyl/N-ethyl adjacent to an activating group) is 2. The highest BCUT2D eigenvalue weighted by molar-refractivity contribution is 5.77. The predicted molar refractivity (Wildman–Crippen MR) is 84.1 cm³/mol. The maximum atomic E-state index is 11.6. The lowest BCUT2D eigenvalue weighted by atomic mass is 9.96. The minimum Gasteiger partial charge on any atom is -0.358 e. The summed E-state index contributed by atoms with van der Waals surface area (Å²) in [5, 5.41) is 2.62. The van der Waals surface area contributed by atoms with Crippen molar-refractivity contribution in [3.63, 3.8) is 0 Å². The highest BCUT2D eigenvalue weighted by Crippen LogP contribution is 2.47.